The van der Waals surface area contributed by atoms with E-state index in [4.69, 9.17) is 19.9 Å². The average Bonchev–Trinajstić information content (AvgIpc) is 3.10. The zero-order valence-electron chi connectivity index (χ0n) is 26.8. The molecule has 242 valence electrons. The van der Waals surface area contributed by atoms with Gasteiger partial charge in [0, 0.05) is 52.9 Å². The third-order valence-corrected chi connectivity index (χ3v) is 7.69. The lowest BCUT2D eigenvalue weighted by Gasteiger charge is -2.19. The zero-order chi connectivity index (χ0) is 34.7. The molecule has 13 nitrogen and oxygen atoms in total. The molecule has 0 fully saturated rings. The first-order valence-corrected chi connectivity index (χ1v) is 15.3. The summed E-state index contributed by atoms with van der Waals surface area (Å²) in [5, 5.41) is 48.7. The van der Waals surface area contributed by atoms with E-state index < -0.39 is 0 Å². The SMILES string of the molecule is CCOc1cc2ncc(C#N)c(Nc3cc4c(Nc5cc6c(O)c(C#N)cnc6cc5OCC)c(C#N)cnc4cc3OCC)c2cc1N. The van der Waals surface area contributed by atoms with E-state index >= 15 is 0 Å². The average molecular weight is 652 g/mol. The number of ether oxygens (including phenoxy) is 3. The molecule has 6 aromatic rings. The number of fused-ring (bicyclic) bond motifs is 3. The molecule has 0 saturated carbocycles. The second-order valence-corrected chi connectivity index (χ2v) is 10.6. The highest BCUT2D eigenvalue weighted by Crippen LogP contribution is 2.42. The number of hydrogen-bond donors (Lipinski definition) is 4. The van der Waals surface area contributed by atoms with Crippen molar-refractivity contribution in [3.63, 3.8) is 0 Å². The standard InChI is InChI=1S/C36H29N9O4/c1-4-47-31-10-26-22(7-25(31)40)34(19(13-37)16-41-26)44-29-8-23-27(11-32(29)48-5-2)42-17-20(14-38)35(23)45-30-9-24-28(12-33(30)49-6-3)43-18-21(15-39)36(24)46/h7-12,16-18H,4-6,40H2,1-3H3,(H,41,44)(H,42,45)(H,43,46). The van der Waals surface area contributed by atoms with Crippen molar-refractivity contribution in [3.05, 3.63) is 71.7 Å². The number of pyridine rings is 3. The Hall–Kier alpha value is -7.04. The number of nitriles is 3. The Kier molecular flexibility index (Phi) is 8.71. The van der Waals surface area contributed by atoms with Crippen LogP contribution in [0, 0.1) is 34.0 Å². The highest BCUT2D eigenvalue weighted by atomic mass is 16.5. The summed E-state index contributed by atoms with van der Waals surface area (Å²) in [6, 6.07) is 16.6. The number of aromatic hydroxyl groups is 1. The van der Waals surface area contributed by atoms with Crippen LogP contribution in [0.4, 0.5) is 28.4 Å². The van der Waals surface area contributed by atoms with Crippen LogP contribution in [0.3, 0.4) is 0 Å². The lowest BCUT2D eigenvalue weighted by molar-refractivity contribution is 0.342. The van der Waals surface area contributed by atoms with Gasteiger partial charge in [-0.15, -0.1) is 0 Å². The van der Waals surface area contributed by atoms with E-state index in [-0.39, 0.29) is 22.4 Å². The monoisotopic (exact) mass is 651 g/mol. The minimum absolute atomic E-state index is 0.0186. The van der Waals surface area contributed by atoms with Gasteiger partial charge in [-0.3, -0.25) is 15.0 Å². The Balaban J connectivity index is 1.56. The van der Waals surface area contributed by atoms with Gasteiger partial charge in [0.05, 0.1) is 75.9 Å². The number of nitrogen functional groups attached to an aromatic ring is 1. The van der Waals surface area contributed by atoms with Crippen molar-refractivity contribution in [1.29, 1.82) is 15.8 Å². The topological polar surface area (TPSA) is 208 Å². The Morgan fingerprint density at radius 1 is 0.612 bits per heavy atom. The van der Waals surface area contributed by atoms with Gasteiger partial charge in [-0.25, -0.2) is 0 Å². The molecule has 0 aliphatic carbocycles. The fraction of sp³-hybridized carbons (Fsp3) is 0.167. The van der Waals surface area contributed by atoms with Crippen molar-refractivity contribution in [2.24, 2.45) is 0 Å². The summed E-state index contributed by atoms with van der Waals surface area (Å²) in [7, 11) is 0. The van der Waals surface area contributed by atoms with E-state index in [0.717, 1.165) is 0 Å². The summed E-state index contributed by atoms with van der Waals surface area (Å²) >= 11 is 0. The summed E-state index contributed by atoms with van der Waals surface area (Å²) in [6.45, 7) is 6.63. The van der Waals surface area contributed by atoms with Crippen LogP contribution in [0.15, 0.2) is 55.0 Å². The van der Waals surface area contributed by atoms with E-state index in [0.29, 0.717) is 98.2 Å². The molecule has 0 atom stereocenters. The molecule has 0 spiro atoms. The fourth-order valence-electron chi connectivity index (χ4n) is 5.48. The molecule has 49 heavy (non-hydrogen) atoms. The normalized spacial score (nSPS) is 10.7. The van der Waals surface area contributed by atoms with E-state index in [1.807, 2.05) is 26.8 Å². The highest BCUT2D eigenvalue weighted by molar-refractivity contribution is 6.03. The minimum atomic E-state index is -0.224. The van der Waals surface area contributed by atoms with Gasteiger partial charge in [-0.1, -0.05) is 0 Å². The Morgan fingerprint density at radius 2 is 1.02 bits per heavy atom. The van der Waals surface area contributed by atoms with Crippen LogP contribution in [0.5, 0.6) is 23.0 Å². The van der Waals surface area contributed by atoms with Crippen molar-refractivity contribution in [1.82, 2.24) is 15.0 Å². The van der Waals surface area contributed by atoms with E-state index in [2.05, 4.69) is 37.7 Å². The lowest BCUT2D eigenvalue weighted by Crippen LogP contribution is -2.04. The first kappa shape index (κ1) is 31.9. The molecule has 0 unspecified atom stereocenters. The first-order chi connectivity index (χ1) is 23.8. The predicted octanol–water partition coefficient (Wildman–Crippen LogP) is 6.92. The number of nitrogens with two attached hydrogens (primary N) is 1. The zero-order valence-corrected chi connectivity index (χ0v) is 26.8. The number of rotatable bonds is 10. The maximum absolute atomic E-state index is 10.8. The molecular formula is C36H29N9O4. The molecule has 6 rings (SSSR count). The number of aromatic nitrogens is 3. The van der Waals surface area contributed by atoms with Gasteiger partial charge in [0.25, 0.3) is 0 Å². The van der Waals surface area contributed by atoms with Gasteiger partial charge < -0.3 is 35.7 Å². The second kappa shape index (κ2) is 13.4. The van der Waals surface area contributed by atoms with Gasteiger partial charge in [-0.2, -0.15) is 15.8 Å². The highest BCUT2D eigenvalue weighted by Gasteiger charge is 2.20. The van der Waals surface area contributed by atoms with Crippen LogP contribution < -0.4 is 30.6 Å². The van der Waals surface area contributed by atoms with Crippen LogP contribution >= 0.6 is 0 Å². The Labute approximate surface area is 280 Å². The maximum Gasteiger partial charge on any atom is 0.144 e. The maximum atomic E-state index is 10.8. The van der Waals surface area contributed by atoms with Crippen molar-refractivity contribution in [2.45, 2.75) is 20.8 Å². The number of anilines is 5. The molecule has 3 aromatic heterocycles. The number of nitrogens with one attached hydrogen (secondary N) is 2. The summed E-state index contributed by atoms with van der Waals surface area (Å²) in [5.41, 5.74) is 10.4. The second-order valence-electron chi connectivity index (χ2n) is 10.6. The van der Waals surface area contributed by atoms with Crippen molar-refractivity contribution in [2.75, 3.05) is 36.2 Å². The molecule has 0 aliphatic heterocycles. The lowest BCUT2D eigenvalue weighted by atomic mass is 10.1. The van der Waals surface area contributed by atoms with Crippen LogP contribution in [-0.4, -0.2) is 39.9 Å². The molecule has 0 aliphatic rings. The summed E-state index contributed by atoms with van der Waals surface area (Å²) in [6.07, 6.45) is 4.22. The van der Waals surface area contributed by atoms with Crippen LogP contribution in [0.25, 0.3) is 32.7 Å². The van der Waals surface area contributed by atoms with Gasteiger partial charge in [0.15, 0.2) is 0 Å². The number of hydrogen-bond acceptors (Lipinski definition) is 13. The molecule has 0 saturated heterocycles. The molecule has 0 bridgehead atoms. The smallest absolute Gasteiger partial charge is 0.144 e. The molecule has 3 heterocycles. The molecule has 5 N–H and O–H groups in total. The van der Waals surface area contributed by atoms with Gasteiger partial charge in [0.2, 0.25) is 0 Å². The molecular weight excluding hydrogens is 622 g/mol. The van der Waals surface area contributed by atoms with E-state index in [1.165, 1.54) is 18.6 Å². The molecule has 13 heteroatoms. The van der Waals surface area contributed by atoms with Gasteiger partial charge >= 0.3 is 0 Å². The molecule has 0 radical (unpaired) electrons. The summed E-state index contributed by atoms with van der Waals surface area (Å²) in [4.78, 5) is 13.3. The third-order valence-electron chi connectivity index (χ3n) is 7.69. The van der Waals surface area contributed by atoms with Crippen LogP contribution in [-0.2, 0) is 0 Å². The summed E-state index contributed by atoms with van der Waals surface area (Å²) in [5.74, 6) is 1.12. The van der Waals surface area contributed by atoms with Gasteiger partial charge in [0.1, 0.15) is 46.8 Å². The quantitative estimate of drug-likeness (QED) is 0.111. The van der Waals surface area contributed by atoms with Crippen molar-refractivity contribution in [3.8, 4) is 41.2 Å². The van der Waals surface area contributed by atoms with Crippen LogP contribution in [0.2, 0.25) is 0 Å². The third kappa shape index (κ3) is 5.86. The van der Waals surface area contributed by atoms with E-state index in [9.17, 15) is 20.9 Å². The van der Waals surface area contributed by atoms with Gasteiger partial charge in [-0.05, 0) is 39.0 Å². The molecule has 3 aromatic carbocycles. The molecule has 0 amide bonds. The number of nitrogens with zero attached hydrogens (tertiary/aromatic N) is 6. The fourth-order valence-corrected chi connectivity index (χ4v) is 5.48. The van der Waals surface area contributed by atoms with E-state index in [1.54, 1.807) is 36.4 Å². The Morgan fingerprint density at radius 3 is 1.51 bits per heavy atom. The van der Waals surface area contributed by atoms with Crippen molar-refractivity contribution >= 4 is 61.1 Å². The largest absolute Gasteiger partial charge is 0.506 e. The minimum Gasteiger partial charge on any atom is -0.506 e. The Bertz CT molecular complexity index is 2410. The first-order valence-electron chi connectivity index (χ1n) is 15.3. The number of benzene rings is 3. The van der Waals surface area contributed by atoms with Crippen LogP contribution in [0.1, 0.15) is 37.5 Å². The summed E-state index contributed by atoms with van der Waals surface area (Å²) < 4.78 is 17.6. The predicted molar refractivity (Wildman–Crippen MR) is 186 cm³/mol. The van der Waals surface area contributed by atoms with Crippen molar-refractivity contribution < 1.29 is 19.3 Å².